The molecule has 1 atom stereocenters. The second-order valence-electron chi connectivity index (χ2n) is 6.77. The summed E-state index contributed by atoms with van der Waals surface area (Å²) in [7, 11) is -3.66. The van der Waals surface area contributed by atoms with Gasteiger partial charge in [0.05, 0.1) is 17.6 Å². The molecule has 0 bridgehead atoms. The van der Waals surface area contributed by atoms with Crippen LogP contribution in [-0.2, 0) is 26.0 Å². The van der Waals surface area contributed by atoms with Gasteiger partial charge in [-0.2, -0.15) is 0 Å². The predicted octanol–water partition coefficient (Wildman–Crippen LogP) is 2.36. The lowest BCUT2D eigenvalue weighted by Crippen LogP contribution is -2.32. The van der Waals surface area contributed by atoms with Crippen molar-refractivity contribution < 1.29 is 27.8 Å². The summed E-state index contributed by atoms with van der Waals surface area (Å²) in [5.41, 5.74) is 3.39. The van der Waals surface area contributed by atoms with Crippen molar-refractivity contribution in [1.82, 2.24) is 4.72 Å². The molecule has 0 radical (unpaired) electrons. The van der Waals surface area contributed by atoms with Crippen molar-refractivity contribution in [2.75, 3.05) is 19.8 Å². The maximum absolute atomic E-state index is 12.7. The first kappa shape index (κ1) is 20.3. The van der Waals surface area contributed by atoms with Gasteiger partial charge >= 0.3 is 5.97 Å². The molecule has 0 aromatic heterocycles. The van der Waals surface area contributed by atoms with Gasteiger partial charge in [0, 0.05) is 6.54 Å². The Hall–Kier alpha value is -2.42. The van der Waals surface area contributed by atoms with Crippen LogP contribution in [0.5, 0.6) is 5.75 Å². The molecule has 2 aromatic carbocycles. The second kappa shape index (κ2) is 8.30. The van der Waals surface area contributed by atoms with E-state index < -0.39 is 28.7 Å². The zero-order valence-corrected chi connectivity index (χ0v) is 16.6. The molecular formula is C20H23NO6S. The van der Waals surface area contributed by atoms with Crippen LogP contribution in [0.4, 0.5) is 0 Å². The van der Waals surface area contributed by atoms with Crippen LogP contribution in [-0.4, -0.2) is 39.3 Å². The Labute approximate surface area is 164 Å². The third-order valence-corrected chi connectivity index (χ3v) is 6.17. The number of aliphatic carboxylic acids is 1. The van der Waals surface area contributed by atoms with Crippen LogP contribution in [0.15, 0.2) is 41.3 Å². The minimum absolute atomic E-state index is 0.109. The van der Waals surface area contributed by atoms with Gasteiger partial charge in [-0.3, -0.25) is 0 Å². The molecular weight excluding hydrogens is 382 g/mol. The van der Waals surface area contributed by atoms with E-state index in [0.717, 1.165) is 16.7 Å². The largest absolute Gasteiger partial charge is 0.482 e. The molecule has 0 saturated carbocycles. The molecule has 1 aliphatic heterocycles. The van der Waals surface area contributed by atoms with Crippen LogP contribution in [0.25, 0.3) is 0 Å². The van der Waals surface area contributed by atoms with Gasteiger partial charge in [-0.1, -0.05) is 18.2 Å². The number of hydrogen-bond donors (Lipinski definition) is 2. The number of hydrogen-bond acceptors (Lipinski definition) is 5. The minimum atomic E-state index is -3.66. The smallest absolute Gasteiger partial charge is 0.341 e. The fourth-order valence-corrected chi connectivity index (χ4v) is 4.54. The number of nitrogens with one attached hydrogen (secondary N) is 1. The monoisotopic (exact) mass is 405 g/mol. The van der Waals surface area contributed by atoms with Crippen LogP contribution < -0.4 is 9.46 Å². The Morgan fingerprint density at radius 1 is 1.25 bits per heavy atom. The lowest BCUT2D eigenvalue weighted by Gasteiger charge is -2.27. The summed E-state index contributed by atoms with van der Waals surface area (Å²) in [5.74, 6) is -0.572. The summed E-state index contributed by atoms with van der Waals surface area (Å²) in [6.45, 7) is 3.76. The number of rotatable bonds is 7. The lowest BCUT2D eigenvalue weighted by atomic mass is 9.97. The lowest BCUT2D eigenvalue weighted by molar-refractivity contribution is -0.139. The van der Waals surface area contributed by atoms with Crippen molar-refractivity contribution in [2.45, 2.75) is 31.3 Å². The number of carboxylic acids is 1. The average molecular weight is 405 g/mol. The second-order valence-corrected chi connectivity index (χ2v) is 8.51. The van der Waals surface area contributed by atoms with Gasteiger partial charge in [-0.25, -0.2) is 17.9 Å². The van der Waals surface area contributed by atoms with E-state index in [4.69, 9.17) is 14.6 Å². The number of aryl methyl sites for hydroxylation is 2. The van der Waals surface area contributed by atoms with Crippen molar-refractivity contribution in [2.24, 2.45) is 0 Å². The summed E-state index contributed by atoms with van der Waals surface area (Å²) >= 11 is 0. The molecule has 150 valence electrons. The third kappa shape index (κ3) is 4.70. The molecule has 1 aliphatic rings. The highest BCUT2D eigenvalue weighted by Crippen LogP contribution is 2.30. The Balaban J connectivity index is 1.74. The van der Waals surface area contributed by atoms with Gasteiger partial charge in [0.25, 0.3) is 0 Å². The van der Waals surface area contributed by atoms with Crippen LogP contribution >= 0.6 is 0 Å². The molecule has 3 rings (SSSR count). The molecule has 1 heterocycles. The van der Waals surface area contributed by atoms with Gasteiger partial charge in [0.2, 0.25) is 10.0 Å². The van der Waals surface area contributed by atoms with E-state index in [0.29, 0.717) is 24.3 Å². The van der Waals surface area contributed by atoms with Crippen molar-refractivity contribution in [3.8, 4) is 5.75 Å². The molecule has 0 fully saturated rings. The maximum Gasteiger partial charge on any atom is 0.341 e. The number of ether oxygens (including phenoxy) is 2. The summed E-state index contributed by atoms with van der Waals surface area (Å²) in [4.78, 5) is 10.9. The van der Waals surface area contributed by atoms with Crippen molar-refractivity contribution in [3.63, 3.8) is 0 Å². The minimum Gasteiger partial charge on any atom is -0.482 e. The summed E-state index contributed by atoms with van der Waals surface area (Å²) in [5, 5.41) is 8.72. The zero-order chi connectivity index (χ0) is 20.3. The van der Waals surface area contributed by atoms with E-state index in [-0.39, 0.29) is 11.4 Å². The highest BCUT2D eigenvalue weighted by Gasteiger charge is 2.25. The van der Waals surface area contributed by atoms with Crippen LogP contribution in [0.2, 0.25) is 0 Å². The van der Waals surface area contributed by atoms with E-state index >= 15 is 0 Å². The molecule has 8 heteroatoms. The highest BCUT2D eigenvalue weighted by molar-refractivity contribution is 7.89. The SMILES string of the molecule is Cc1ccc(C)c(S(=O)(=O)NCC2OCCc3cc(OCC(=O)O)ccc32)c1. The predicted molar refractivity (Wildman–Crippen MR) is 103 cm³/mol. The van der Waals surface area contributed by atoms with Gasteiger partial charge in [-0.05, 0) is 60.7 Å². The average Bonchev–Trinajstić information content (AvgIpc) is 2.66. The zero-order valence-electron chi connectivity index (χ0n) is 15.8. The van der Waals surface area contributed by atoms with E-state index in [9.17, 15) is 13.2 Å². The van der Waals surface area contributed by atoms with Crippen LogP contribution in [0, 0.1) is 13.8 Å². The molecule has 0 aliphatic carbocycles. The van der Waals surface area contributed by atoms with E-state index in [1.165, 1.54) is 0 Å². The van der Waals surface area contributed by atoms with Gasteiger partial charge in [-0.15, -0.1) is 0 Å². The molecule has 2 aromatic rings. The van der Waals surface area contributed by atoms with Crippen LogP contribution in [0.3, 0.4) is 0 Å². The summed E-state index contributed by atoms with van der Waals surface area (Å²) in [6.07, 6.45) is 0.233. The molecule has 2 N–H and O–H groups in total. The van der Waals surface area contributed by atoms with Crippen molar-refractivity contribution >= 4 is 16.0 Å². The highest BCUT2D eigenvalue weighted by atomic mass is 32.2. The quantitative estimate of drug-likeness (QED) is 0.733. The van der Waals surface area contributed by atoms with Crippen molar-refractivity contribution in [1.29, 1.82) is 0 Å². The Morgan fingerprint density at radius 3 is 2.79 bits per heavy atom. The maximum atomic E-state index is 12.7. The molecule has 0 spiro atoms. The number of benzene rings is 2. The van der Waals surface area contributed by atoms with Gasteiger partial charge < -0.3 is 14.6 Å². The van der Waals surface area contributed by atoms with Gasteiger partial charge in [0.15, 0.2) is 6.61 Å². The van der Waals surface area contributed by atoms with E-state index in [2.05, 4.69) is 4.72 Å². The molecule has 28 heavy (non-hydrogen) atoms. The van der Waals surface area contributed by atoms with E-state index in [1.807, 2.05) is 13.0 Å². The van der Waals surface area contributed by atoms with Gasteiger partial charge in [0.1, 0.15) is 5.75 Å². The first-order valence-electron chi connectivity index (χ1n) is 8.92. The Morgan fingerprint density at radius 2 is 2.04 bits per heavy atom. The van der Waals surface area contributed by atoms with Crippen molar-refractivity contribution in [3.05, 3.63) is 58.7 Å². The van der Waals surface area contributed by atoms with E-state index in [1.54, 1.807) is 37.3 Å². The van der Waals surface area contributed by atoms with Crippen LogP contribution in [0.1, 0.15) is 28.4 Å². The number of sulfonamides is 1. The number of fused-ring (bicyclic) bond motifs is 1. The standard InChI is InChI=1S/C20H23NO6S/c1-13-3-4-14(2)19(9-13)28(24,25)21-11-18-17-6-5-16(27-12-20(22)23)10-15(17)7-8-26-18/h3-6,9-10,18,21H,7-8,11-12H2,1-2H3,(H,22,23). The topological polar surface area (TPSA) is 102 Å². The Bertz CT molecular complexity index is 986. The first-order valence-corrected chi connectivity index (χ1v) is 10.4. The fourth-order valence-electron chi connectivity index (χ4n) is 3.18. The third-order valence-electron chi connectivity index (χ3n) is 4.61. The summed E-state index contributed by atoms with van der Waals surface area (Å²) < 4.78 is 39.1. The molecule has 0 saturated heterocycles. The first-order chi connectivity index (χ1) is 13.3. The number of carboxylic acid groups (broad SMARTS) is 1. The molecule has 0 amide bonds. The Kier molecular flexibility index (Phi) is 6.02. The number of carbonyl (C=O) groups is 1. The normalized spacial score (nSPS) is 16.4. The molecule has 1 unspecified atom stereocenters. The summed E-state index contributed by atoms with van der Waals surface area (Å²) in [6, 6.07) is 10.6. The molecule has 7 nitrogen and oxygen atoms in total. The fraction of sp³-hybridized carbons (Fsp3) is 0.350.